The molecule has 1 aromatic heterocycles. The molecule has 0 bridgehead atoms. The van der Waals surface area contributed by atoms with Gasteiger partial charge in [0.25, 0.3) is 12.2 Å². The SMILES string of the molecule is CN1C(=O)C(F)N=C(c2ccccn2)c2cc(F)ccc21. The summed E-state index contributed by atoms with van der Waals surface area (Å²) in [7, 11) is 1.43. The number of carbonyl (C=O) groups is 1. The van der Waals surface area contributed by atoms with Gasteiger partial charge < -0.3 is 4.90 Å². The van der Waals surface area contributed by atoms with Gasteiger partial charge in [0.2, 0.25) is 0 Å². The molecule has 1 atom stereocenters. The van der Waals surface area contributed by atoms with Crippen LogP contribution in [0.4, 0.5) is 14.5 Å². The third-order valence-corrected chi connectivity index (χ3v) is 3.26. The number of carbonyl (C=O) groups excluding carboxylic acids is 1. The second-order valence-electron chi connectivity index (χ2n) is 4.59. The molecule has 1 amide bonds. The lowest BCUT2D eigenvalue weighted by Crippen LogP contribution is -2.32. The van der Waals surface area contributed by atoms with Crippen LogP contribution in [0.2, 0.25) is 0 Å². The number of halogens is 2. The lowest BCUT2D eigenvalue weighted by atomic mass is 10.0. The van der Waals surface area contributed by atoms with Crippen LogP contribution >= 0.6 is 0 Å². The van der Waals surface area contributed by atoms with Crippen molar-refractivity contribution in [3.8, 4) is 0 Å². The minimum Gasteiger partial charge on any atom is -0.311 e. The van der Waals surface area contributed by atoms with E-state index >= 15 is 0 Å². The van der Waals surface area contributed by atoms with Crippen molar-refractivity contribution in [3.63, 3.8) is 0 Å². The highest BCUT2D eigenvalue weighted by atomic mass is 19.1. The Morgan fingerprint density at radius 3 is 2.76 bits per heavy atom. The quantitative estimate of drug-likeness (QED) is 0.756. The van der Waals surface area contributed by atoms with E-state index in [1.165, 1.54) is 31.4 Å². The maximum Gasteiger partial charge on any atom is 0.284 e. The van der Waals surface area contributed by atoms with Crippen LogP contribution in [0.3, 0.4) is 0 Å². The van der Waals surface area contributed by atoms with Crippen molar-refractivity contribution in [2.75, 3.05) is 11.9 Å². The summed E-state index contributed by atoms with van der Waals surface area (Å²) < 4.78 is 27.6. The van der Waals surface area contributed by atoms with Crippen LogP contribution in [0.25, 0.3) is 0 Å². The molecule has 4 nitrogen and oxygen atoms in total. The second kappa shape index (κ2) is 5.05. The monoisotopic (exact) mass is 287 g/mol. The highest BCUT2D eigenvalue weighted by Crippen LogP contribution is 2.28. The topological polar surface area (TPSA) is 45.6 Å². The molecule has 6 heteroatoms. The van der Waals surface area contributed by atoms with Crippen molar-refractivity contribution in [1.29, 1.82) is 0 Å². The van der Waals surface area contributed by atoms with E-state index in [0.717, 1.165) is 4.90 Å². The molecule has 1 aliphatic heterocycles. The lowest BCUT2D eigenvalue weighted by Gasteiger charge is -2.18. The summed E-state index contributed by atoms with van der Waals surface area (Å²) in [5, 5.41) is 0. The van der Waals surface area contributed by atoms with Gasteiger partial charge in [-0.05, 0) is 30.3 Å². The molecule has 1 aliphatic rings. The zero-order chi connectivity index (χ0) is 15.0. The molecule has 0 saturated carbocycles. The minimum atomic E-state index is -2.04. The van der Waals surface area contributed by atoms with Gasteiger partial charge in [0, 0.05) is 18.8 Å². The molecular formula is C15H11F2N3O. The number of fused-ring (bicyclic) bond motifs is 1. The lowest BCUT2D eigenvalue weighted by molar-refractivity contribution is -0.122. The largest absolute Gasteiger partial charge is 0.311 e. The normalized spacial score (nSPS) is 18.0. The molecule has 1 unspecified atom stereocenters. The maximum atomic E-state index is 14.0. The third kappa shape index (κ3) is 2.29. The Morgan fingerprint density at radius 2 is 2.05 bits per heavy atom. The van der Waals surface area contributed by atoms with E-state index in [4.69, 9.17) is 0 Å². The molecule has 0 spiro atoms. The number of hydrogen-bond donors (Lipinski definition) is 0. The van der Waals surface area contributed by atoms with E-state index < -0.39 is 18.0 Å². The predicted octanol–water partition coefficient (Wildman–Crippen LogP) is 2.33. The number of aromatic nitrogens is 1. The van der Waals surface area contributed by atoms with Crippen LogP contribution in [0, 0.1) is 5.82 Å². The van der Waals surface area contributed by atoms with Gasteiger partial charge in [0.15, 0.2) is 0 Å². The van der Waals surface area contributed by atoms with Gasteiger partial charge in [-0.2, -0.15) is 0 Å². The predicted molar refractivity (Wildman–Crippen MR) is 74.6 cm³/mol. The Bertz CT molecular complexity index is 731. The van der Waals surface area contributed by atoms with Crippen LogP contribution in [0.1, 0.15) is 11.3 Å². The summed E-state index contributed by atoms with van der Waals surface area (Å²) >= 11 is 0. The number of likely N-dealkylation sites (N-methyl/N-ethyl adjacent to an activating group) is 1. The average Bonchev–Trinajstić information content (AvgIpc) is 2.59. The summed E-state index contributed by atoms with van der Waals surface area (Å²) in [6.07, 6.45) is -0.511. The van der Waals surface area contributed by atoms with Crippen molar-refractivity contribution in [2.24, 2.45) is 4.99 Å². The van der Waals surface area contributed by atoms with E-state index in [9.17, 15) is 13.6 Å². The Labute approximate surface area is 119 Å². The highest BCUT2D eigenvalue weighted by Gasteiger charge is 2.30. The first-order valence-electron chi connectivity index (χ1n) is 6.28. The molecular weight excluding hydrogens is 276 g/mol. The van der Waals surface area contributed by atoms with E-state index in [-0.39, 0.29) is 5.71 Å². The van der Waals surface area contributed by atoms with Crippen LogP contribution in [-0.2, 0) is 4.79 Å². The fourth-order valence-electron chi connectivity index (χ4n) is 2.21. The molecule has 0 N–H and O–H groups in total. The Balaban J connectivity index is 2.27. The molecule has 0 aliphatic carbocycles. The van der Waals surface area contributed by atoms with Gasteiger partial charge in [-0.15, -0.1) is 0 Å². The summed E-state index contributed by atoms with van der Waals surface area (Å²) in [5.74, 6) is -1.29. The molecule has 0 saturated heterocycles. The number of amides is 1. The van der Waals surface area contributed by atoms with E-state index in [2.05, 4.69) is 9.98 Å². The van der Waals surface area contributed by atoms with Crippen molar-refractivity contribution < 1.29 is 13.6 Å². The fraction of sp³-hybridized carbons (Fsp3) is 0.133. The van der Waals surface area contributed by atoms with E-state index in [0.29, 0.717) is 16.9 Å². The third-order valence-electron chi connectivity index (χ3n) is 3.26. The average molecular weight is 287 g/mol. The second-order valence-corrected chi connectivity index (χ2v) is 4.59. The van der Waals surface area contributed by atoms with Gasteiger partial charge in [-0.3, -0.25) is 9.78 Å². The Hall–Kier alpha value is -2.63. The number of benzene rings is 1. The van der Waals surface area contributed by atoms with Crippen molar-refractivity contribution in [3.05, 3.63) is 59.7 Å². The van der Waals surface area contributed by atoms with Crippen LogP contribution in [0.5, 0.6) is 0 Å². The van der Waals surface area contributed by atoms with Crippen LogP contribution in [0.15, 0.2) is 47.6 Å². The summed E-state index contributed by atoms with van der Waals surface area (Å²) in [6.45, 7) is 0. The first-order valence-corrected chi connectivity index (χ1v) is 6.28. The maximum absolute atomic E-state index is 14.0. The molecule has 0 fully saturated rings. The summed E-state index contributed by atoms with van der Waals surface area (Å²) in [4.78, 5) is 20.9. The van der Waals surface area contributed by atoms with Crippen LogP contribution < -0.4 is 4.90 Å². The van der Waals surface area contributed by atoms with Crippen molar-refractivity contribution in [1.82, 2.24) is 4.98 Å². The smallest absolute Gasteiger partial charge is 0.284 e. The first-order chi connectivity index (χ1) is 10.1. The summed E-state index contributed by atoms with van der Waals surface area (Å²) in [5.41, 5.74) is 1.28. The molecule has 106 valence electrons. The molecule has 2 aromatic rings. The summed E-state index contributed by atoms with van der Waals surface area (Å²) in [6, 6.07) is 8.93. The molecule has 21 heavy (non-hydrogen) atoms. The van der Waals surface area contributed by atoms with Gasteiger partial charge >= 0.3 is 0 Å². The number of pyridine rings is 1. The Morgan fingerprint density at radius 1 is 1.24 bits per heavy atom. The standard InChI is InChI=1S/C15H11F2N3O/c1-20-12-6-5-9(16)8-10(12)13(19-14(17)15(20)21)11-4-2-3-7-18-11/h2-8,14H,1H3. The number of rotatable bonds is 1. The number of aliphatic imine (C=N–C) groups is 1. The Kier molecular flexibility index (Phi) is 3.21. The molecule has 0 radical (unpaired) electrons. The molecule has 1 aromatic carbocycles. The number of benzodiazepines with no additional fused rings is 1. The van der Waals surface area contributed by atoms with E-state index in [1.807, 2.05) is 0 Å². The van der Waals surface area contributed by atoms with Crippen LogP contribution in [-0.4, -0.2) is 29.9 Å². The minimum absolute atomic E-state index is 0.162. The molecule has 3 rings (SSSR count). The van der Waals surface area contributed by atoms with Gasteiger partial charge in [-0.25, -0.2) is 13.8 Å². The van der Waals surface area contributed by atoms with E-state index in [1.54, 1.807) is 18.2 Å². The van der Waals surface area contributed by atoms with Gasteiger partial charge in [0.05, 0.1) is 17.1 Å². The number of hydrogen-bond acceptors (Lipinski definition) is 3. The number of alkyl halides is 1. The zero-order valence-electron chi connectivity index (χ0n) is 11.1. The molecule has 2 heterocycles. The van der Waals surface area contributed by atoms with Crippen molar-refractivity contribution >= 4 is 17.3 Å². The number of nitrogens with zero attached hydrogens (tertiary/aromatic N) is 3. The van der Waals surface area contributed by atoms with Gasteiger partial charge in [0.1, 0.15) is 5.82 Å². The first kappa shape index (κ1) is 13.4. The fourth-order valence-corrected chi connectivity index (χ4v) is 2.21. The van der Waals surface area contributed by atoms with Crippen molar-refractivity contribution in [2.45, 2.75) is 6.30 Å². The highest BCUT2D eigenvalue weighted by molar-refractivity contribution is 6.19. The number of anilines is 1. The zero-order valence-corrected chi connectivity index (χ0v) is 11.1. The van der Waals surface area contributed by atoms with Gasteiger partial charge in [-0.1, -0.05) is 6.07 Å².